The highest BCUT2D eigenvalue weighted by atomic mass is 79.9. The highest BCUT2D eigenvalue weighted by Gasteiger charge is 2.09. The van der Waals surface area contributed by atoms with Crippen molar-refractivity contribution in [3.05, 3.63) is 64.1 Å². The minimum Gasteiger partial charge on any atom is -0.399 e. The Bertz CT molecular complexity index is 545. The van der Waals surface area contributed by atoms with Gasteiger partial charge in [0.2, 0.25) is 0 Å². The highest BCUT2D eigenvalue weighted by Crippen LogP contribution is 2.22. The normalized spacial score (nSPS) is 10.9. The maximum atomic E-state index is 9.23. The lowest BCUT2D eigenvalue weighted by Crippen LogP contribution is -2.26. The van der Waals surface area contributed by atoms with Gasteiger partial charge in [-0.25, -0.2) is 0 Å². The van der Waals surface area contributed by atoms with Crippen LogP contribution >= 0.6 is 15.9 Å². The third kappa shape index (κ3) is 4.34. The van der Waals surface area contributed by atoms with E-state index in [2.05, 4.69) is 33.0 Å². The highest BCUT2D eigenvalue weighted by molar-refractivity contribution is 9.10. The molecule has 3 N–H and O–H groups in total. The lowest BCUT2D eigenvalue weighted by atomic mass is 10.1. The molecule has 2 aromatic rings. The van der Waals surface area contributed by atoms with Crippen LogP contribution in [0, 0.1) is 0 Å². The van der Waals surface area contributed by atoms with Crippen LogP contribution in [0.4, 0.5) is 5.69 Å². The second kappa shape index (κ2) is 7.43. The van der Waals surface area contributed by atoms with Crippen molar-refractivity contribution in [2.75, 3.05) is 18.9 Å². The van der Waals surface area contributed by atoms with Gasteiger partial charge in [-0.3, -0.25) is 4.90 Å². The molecule has 0 aliphatic carbocycles. The molecule has 4 heteroatoms. The molecular weight excluding hydrogens is 316 g/mol. The van der Waals surface area contributed by atoms with Crippen LogP contribution in [-0.2, 0) is 13.1 Å². The molecule has 0 atom stereocenters. The molecule has 0 aliphatic rings. The molecule has 0 heterocycles. The zero-order valence-corrected chi connectivity index (χ0v) is 12.9. The largest absolute Gasteiger partial charge is 0.399 e. The van der Waals surface area contributed by atoms with E-state index < -0.39 is 0 Å². The molecule has 0 radical (unpaired) electrons. The van der Waals surface area contributed by atoms with Crippen LogP contribution in [0.25, 0.3) is 0 Å². The summed E-state index contributed by atoms with van der Waals surface area (Å²) in [5.41, 5.74) is 8.92. The molecular formula is C16H19BrN2O. The van der Waals surface area contributed by atoms with Crippen LogP contribution in [0.2, 0.25) is 0 Å². The Morgan fingerprint density at radius 1 is 1.05 bits per heavy atom. The first kappa shape index (κ1) is 15.0. The number of benzene rings is 2. The van der Waals surface area contributed by atoms with Crippen molar-refractivity contribution in [2.45, 2.75) is 13.1 Å². The molecule has 0 amide bonds. The maximum absolute atomic E-state index is 9.23. The van der Waals surface area contributed by atoms with Gasteiger partial charge in [0.15, 0.2) is 0 Å². The minimum atomic E-state index is 0.152. The molecule has 0 saturated heterocycles. The molecule has 3 nitrogen and oxygen atoms in total. The molecule has 0 unspecified atom stereocenters. The van der Waals surface area contributed by atoms with Crippen molar-refractivity contribution in [1.29, 1.82) is 0 Å². The van der Waals surface area contributed by atoms with E-state index in [9.17, 15) is 5.11 Å². The number of hydrogen-bond donors (Lipinski definition) is 2. The average Bonchev–Trinajstić information content (AvgIpc) is 2.43. The summed E-state index contributed by atoms with van der Waals surface area (Å²) in [5, 5.41) is 9.23. The smallest absolute Gasteiger partial charge is 0.0558 e. The van der Waals surface area contributed by atoms with E-state index in [4.69, 9.17) is 5.73 Å². The van der Waals surface area contributed by atoms with Crippen LogP contribution in [-0.4, -0.2) is 23.2 Å². The summed E-state index contributed by atoms with van der Waals surface area (Å²) in [4.78, 5) is 2.21. The second-order valence-electron chi connectivity index (χ2n) is 4.77. The monoisotopic (exact) mass is 334 g/mol. The maximum Gasteiger partial charge on any atom is 0.0558 e. The summed E-state index contributed by atoms with van der Waals surface area (Å²) in [7, 11) is 0. The van der Waals surface area contributed by atoms with Crippen molar-refractivity contribution < 1.29 is 5.11 Å². The summed E-state index contributed by atoms with van der Waals surface area (Å²) in [5.74, 6) is 0. The Hall–Kier alpha value is -1.36. The Balaban J connectivity index is 2.09. The van der Waals surface area contributed by atoms with Crippen LogP contribution in [0.1, 0.15) is 11.1 Å². The van der Waals surface area contributed by atoms with Crippen LogP contribution in [0.3, 0.4) is 0 Å². The van der Waals surface area contributed by atoms with E-state index in [1.807, 2.05) is 36.4 Å². The molecule has 2 rings (SSSR count). The number of hydrogen-bond acceptors (Lipinski definition) is 3. The van der Waals surface area contributed by atoms with Gasteiger partial charge >= 0.3 is 0 Å². The topological polar surface area (TPSA) is 49.5 Å². The number of nitrogens with two attached hydrogens (primary N) is 1. The molecule has 0 aliphatic heterocycles. The van der Waals surface area contributed by atoms with Gasteiger partial charge in [-0.15, -0.1) is 0 Å². The zero-order valence-electron chi connectivity index (χ0n) is 11.3. The Labute approximate surface area is 128 Å². The van der Waals surface area contributed by atoms with Crippen molar-refractivity contribution in [1.82, 2.24) is 4.90 Å². The summed E-state index contributed by atoms with van der Waals surface area (Å²) in [6.07, 6.45) is 0. The van der Waals surface area contributed by atoms with Gasteiger partial charge in [-0.2, -0.15) is 0 Å². The number of nitrogen functional groups attached to an aromatic ring is 1. The Morgan fingerprint density at radius 3 is 2.45 bits per heavy atom. The number of halogens is 1. The second-order valence-corrected chi connectivity index (χ2v) is 5.63. The lowest BCUT2D eigenvalue weighted by Gasteiger charge is -2.22. The summed E-state index contributed by atoms with van der Waals surface area (Å²) in [6.45, 7) is 2.39. The molecule has 106 valence electrons. The fourth-order valence-corrected chi connectivity index (χ4v) is 2.65. The average molecular weight is 335 g/mol. The van der Waals surface area contributed by atoms with Crippen LogP contribution in [0.5, 0.6) is 0 Å². The fraction of sp³-hybridized carbons (Fsp3) is 0.250. The summed E-state index contributed by atoms with van der Waals surface area (Å²) < 4.78 is 1.01. The van der Waals surface area contributed by atoms with Crippen molar-refractivity contribution in [3.8, 4) is 0 Å². The van der Waals surface area contributed by atoms with Crippen LogP contribution < -0.4 is 5.73 Å². The fourth-order valence-electron chi connectivity index (χ4n) is 2.13. The van der Waals surface area contributed by atoms with E-state index in [0.717, 1.165) is 23.2 Å². The van der Waals surface area contributed by atoms with Gasteiger partial charge in [0.05, 0.1) is 6.61 Å². The lowest BCUT2D eigenvalue weighted by molar-refractivity contribution is 0.184. The molecule has 0 aromatic heterocycles. The van der Waals surface area contributed by atoms with Gasteiger partial charge in [0, 0.05) is 29.8 Å². The van der Waals surface area contributed by atoms with E-state index in [-0.39, 0.29) is 6.61 Å². The SMILES string of the molecule is Nc1ccc(CN(CCO)Cc2ccccc2)c(Br)c1. The number of anilines is 1. The minimum absolute atomic E-state index is 0.152. The third-order valence-corrected chi connectivity index (χ3v) is 3.87. The van der Waals surface area contributed by atoms with Crippen LogP contribution in [0.15, 0.2) is 53.0 Å². The molecule has 0 bridgehead atoms. The number of aliphatic hydroxyl groups is 1. The number of aliphatic hydroxyl groups excluding tert-OH is 1. The Morgan fingerprint density at radius 2 is 1.80 bits per heavy atom. The first-order chi connectivity index (χ1) is 9.69. The van der Waals surface area contributed by atoms with E-state index >= 15 is 0 Å². The number of rotatable bonds is 6. The quantitative estimate of drug-likeness (QED) is 0.798. The molecule has 0 fully saturated rings. The van der Waals surface area contributed by atoms with Crippen molar-refractivity contribution >= 4 is 21.6 Å². The molecule has 20 heavy (non-hydrogen) atoms. The van der Waals surface area contributed by atoms with E-state index in [0.29, 0.717) is 6.54 Å². The van der Waals surface area contributed by atoms with Crippen molar-refractivity contribution in [2.24, 2.45) is 0 Å². The standard InChI is InChI=1S/C16H19BrN2O/c17-16-10-15(18)7-6-14(16)12-19(8-9-20)11-13-4-2-1-3-5-13/h1-7,10,20H,8-9,11-12,18H2. The molecule has 0 saturated carbocycles. The van der Waals surface area contributed by atoms with E-state index in [1.165, 1.54) is 11.1 Å². The zero-order chi connectivity index (χ0) is 14.4. The van der Waals surface area contributed by atoms with Gasteiger partial charge in [0.25, 0.3) is 0 Å². The summed E-state index contributed by atoms with van der Waals surface area (Å²) >= 11 is 3.54. The van der Waals surface area contributed by atoms with Gasteiger partial charge < -0.3 is 10.8 Å². The first-order valence-electron chi connectivity index (χ1n) is 6.60. The Kier molecular flexibility index (Phi) is 5.59. The van der Waals surface area contributed by atoms with Gasteiger partial charge in [0.1, 0.15) is 0 Å². The molecule has 2 aromatic carbocycles. The molecule has 0 spiro atoms. The number of nitrogens with zero attached hydrogens (tertiary/aromatic N) is 1. The van der Waals surface area contributed by atoms with Gasteiger partial charge in [-0.05, 0) is 23.3 Å². The predicted octanol–water partition coefficient (Wildman–Crippen LogP) is 3.03. The van der Waals surface area contributed by atoms with Crippen molar-refractivity contribution in [3.63, 3.8) is 0 Å². The van der Waals surface area contributed by atoms with Gasteiger partial charge in [-0.1, -0.05) is 52.3 Å². The van der Waals surface area contributed by atoms with E-state index in [1.54, 1.807) is 0 Å². The third-order valence-electron chi connectivity index (χ3n) is 3.14. The summed E-state index contributed by atoms with van der Waals surface area (Å²) in [6, 6.07) is 16.1. The first-order valence-corrected chi connectivity index (χ1v) is 7.39. The predicted molar refractivity (Wildman–Crippen MR) is 86.2 cm³/mol.